The first-order chi connectivity index (χ1) is 8.04. The number of halogens is 1. The summed E-state index contributed by atoms with van der Waals surface area (Å²) in [5.74, 6) is 0.745. The number of rotatable bonds is 3. The van der Waals surface area contributed by atoms with E-state index in [1.165, 1.54) is 0 Å². The number of aliphatic hydroxyl groups excluding tert-OH is 1. The predicted octanol–water partition coefficient (Wildman–Crippen LogP) is 3.06. The largest absolute Gasteiger partial charge is 0.485 e. The Morgan fingerprint density at radius 3 is 3.06 bits per heavy atom. The Morgan fingerprint density at radius 2 is 2.35 bits per heavy atom. The minimum atomic E-state index is -0.498. The molecule has 0 bridgehead atoms. The van der Waals surface area contributed by atoms with Crippen LogP contribution in [0.25, 0.3) is 0 Å². The normalized spacial score (nSPS) is 27.4. The van der Waals surface area contributed by atoms with Crippen molar-refractivity contribution < 1.29 is 14.6 Å². The van der Waals surface area contributed by atoms with E-state index in [4.69, 9.17) is 9.47 Å². The molecule has 1 aliphatic heterocycles. The monoisotopic (exact) mass is 300 g/mol. The summed E-state index contributed by atoms with van der Waals surface area (Å²) in [5, 5.41) is 10.2. The van der Waals surface area contributed by atoms with Crippen molar-refractivity contribution in [1.29, 1.82) is 0 Å². The second-order valence-electron chi connectivity index (χ2n) is 4.59. The van der Waals surface area contributed by atoms with Gasteiger partial charge in [-0.15, -0.1) is 0 Å². The number of ether oxygens (including phenoxy) is 2. The lowest BCUT2D eigenvalue weighted by Gasteiger charge is -2.38. The molecule has 1 aliphatic rings. The first-order valence-electron chi connectivity index (χ1n) is 5.78. The Bertz CT molecular complexity index is 408. The van der Waals surface area contributed by atoms with Gasteiger partial charge in [0.25, 0.3) is 0 Å². The molecule has 1 aromatic carbocycles. The third-order valence-electron chi connectivity index (χ3n) is 2.92. The SMILES string of the molecule is CCOCC1(C)C[C@H](O)c2cc(Br)ccc2O1. The van der Waals surface area contributed by atoms with E-state index < -0.39 is 11.7 Å². The number of hydrogen-bond acceptors (Lipinski definition) is 3. The van der Waals surface area contributed by atoms with Crippen molar-refractivity contribution in [2.75, 3.05) is 13.2 Å². The average Bonchev–Trinajstić information content (AvgIpc) is 2.28. The van der Waals surface area contributed by atoms with Crippen molar-refractivity contribution >= 4 is 15.9 Å². The van der Waals surface area contributed by atoms with E-state index in [2.05, 4.69) is 15.9 Å². The van der Waals surface area contributed by atoms with Gasteiger partial charge in [-0.2, -0.15) is 0 Å². The zero-order chi connectivity index (χ0) is 12.5. The van der Waals surface area contributed by atoms with Gasteiger partial charge < -0.3 is 14.6 Å². The van der Waals surface area contributed by atoms with Crippen LogP contribution in [-0.2, 0) is 4.74 Å². The lowest BCUT2D eigenvalue weighted by molar-refractivity contribution is -0.0575. The maximum absolute atomic E-state index is 10.2. The summed E-state index contributed by atoms with van der Waals surface area (Å²) in [6.07, 6.45) is 0.0536. The highest BCUT2D eigenvalue weighted by Gasteiger charge is 2.36. The number of fused-ring (bicyclic) bond motifs is 1. The highest BCUT2D eigenvalue weighted by Crippen LogP contribution is 2.40. The van der Waals surface area contributed by atoms with Crippen LogP contribution in [0.1, 0.15) is 31.9 Å². The maximum Gasteiger partial charge on any atom is 0.132 e. The summed E-state index contributed by atoms with van der Waals surface area (Å²) in [6, 6.07) is 5.70. The van der Waals surface area contributed by atoms with E-state index in [-0.39, 0.29) is 0 Å². The summed E-state index contributed by atoms with van der Waals surface area (Å²) in [7, 11) is 0. The molecule has 0 fully saturated rings. The highest BCUT2D eigenvalue weighted by atomic mass is 79.9. The number of benzene rings is 1. The molecule has 2 rings (SSSR count). The molecule has 3 nitrogen and oxygen atoms in total. The van der Waals surface area contributed by atoms with Crippen molar-refractivity contribution in [3.63, 3.8) is 0 Å². The number of hydrogen-bond donors (Lipinski definition) is 1. The van der Waals surface area contributed by atoms with Crippen molar-refractivity contribution in [3.05, 3.63) is 28.2 Å². The van der Waals surface area contributed by atoms with Gasteiger partial charge in [0.05, 0.1) is 12.7 Å². The molecule has 1 aromatic rings. The molecule has 2 atom stereocenters. The van der Waals surface area contributed by atoms with E-state index in [0.29, 0.717) is 19.6 Å². The number of aliphatic hydroxyl groups is 1. The topological polar surface area (TPSA) is 38.7 Å². The Kier molecular flexibility index (Phi) is 3.76. The van der Waals surface area contributed by atoms with Crippen molar-refractivity contribution in [2.24, 2.45) is 0 Å². The fourth-order valence-electron chi connectivity index (χ4n) is 2.11. The van der Waals surface area contributed by atoms with Gasteiger partial charge in [0.15, 0.2) is 0 Å². The first kappa shape index (κ1) is 12.9. The zero-order valence-corrected chi connectivity index (χ0v) is 11.7. The lowest BCUT2D eigenvalue weighted by atomic mass is 9.91. The Balaban J connectivity index is 2.23. The van der Waals surface area contributed by atoms with Gasteiger partial charge in [0.1, 0.15) is 11.4 Å². The van der Waals surface area contributed by atoms with Gasteiger partial charge >= 0.3 is 0 Å². The third-order valence-corrected chi connectivity index (χ3v) is 3.42. The lowest BCUT2D eigenvalue weighted by Crippen LogP contribution is -2.42. The van der Waals surface area contributed by atoms with Crippen molar-refractivity contribution in [2.45, 2.75) is 32.0 Å². The Labute approximate surface area is 110 Å². The molecule has 0 aliphatic carbocycles. The van der Waals surface area contributed by atoms with Crippen LogP contribution in [0.2, 0.25) is 0 Å². The molecular weight excluding hydrogens is 284 g/mol. The Morgan fingerprint density at radius 1 is 1.59 bits per heavy atom. The van der Waals surface area contributed by atoms with E-state index in [0.717, 1.165) is 15.8 Å². The van der Waals surface area contributed by atoms with Gasteiger partial charge in [-0.3, -0.25) is 0 Å². The van der Waals surface area contributed by atoms with E-state index in [1.807, 2.05) is 32.0 Å². The van der Waals surface area contributed by atoms with Gasteiger partial charge in [0, 0.05) is 23.1 Å². The summed E-state index contributed by atoms with van der Waals surface area (Å²) in [4.78, 5) is 0. The smallest absolute Gasteiger partial charge is 0.132 e. The molecule has 1 heterocycles. The molecule has 0 amide bonds. The summed E-state index contributed by atoms with van der Waals surface area (Å²) < 4.78 is 12.3. The summed E-state index contributed by atoms with van der Waals surface area (Å²) >= 11 is 3.40. The molecule has 0 radical (unpaired) electrons. The van der Waals surface area contributed by atoms with Crippen LogP contribution in [0.15, 0.2) is 22.7 Å². The zero-order valence-electron chi connectivity index (χ0n) is 10.1. The second-order valence-corrected chi connectivity index (χ2v) is 5.51. The minimum absolute atomic E-state index is 0.448. The summed E-state index contributed by atoms with van der Waals surface area (Å²) in [6.45, 7) is 5.07. The first-order valence-corrected chi connectivity index (χ1v) is 6.57. The third kappa shape index (κ3) is 2.81. The average molecular weight is 301 g/mol. The molecule has 17 heavy (non-hydrogen) atoms. The van der Waals surface area contributed by atoms with E-state index in [1.54, 1.807) is 0 Å². The molecule has 0 aromatic heterocycles. The van der Waals surface area contributed by atoms with Crippen molar-refractivity contribution in [1.82, 2.24) is 0 Å². The van der Waals surface area contributed by atoms with Crippen LogP contribution in [0.5, 0.6) is 5.75 Å². The molecular formula is C13H17BrO3. The van der Waals surface area contributed by atoms with Crippen molar-refractivity contribution in [3.8, 4) is 5.75 Å². The maximum atomic E-state index is 10.2. The van der Waals surface area contributed by atoms with Gasteiger partial charge in [-0.1, -0.05) is 15.9 Å². The van der Waals surface area contributed by atoms with Gasteiger partial charge in [0.2, 0.25) is 0 Å². The summed E-state index contributed by atoms with van der Waals surface area (Å²) in [5.41, 5.74) is 0.393. The fourth-order valence-corrected chi connectivity index (χ4v) is 2.48. The van der Waals surface area contributed by atoms with E-state index in [9.17, 15) is 5.11 Å². The van der Waals surface area contributed by atoms with Crippen LogP contribution in [0.4, 0.5) is 0 Å². The second kappa shape index (κ2) is 4.96. The molecule has 4 heteroatoms. The molecule has 1 N–H and O–H groups in total. The standard InChI is InChI=1S/C13H17BrO3/c1-3-16-8-13(2)7-11(15)10-6-9(14)4-5-12(10)17-13/h4-6,11,15H,3,7-8H2,1-2H3/t11-,13?/m0/s1. The van der Waals surface area contributed by atoms with Gasteiger partial charge in [-0.05, 0) is 32.0 Å². The molecule has 94 valence electrons. The predicted molar refractivity (Wildman–Crippen MR) is 69.2 cm³/mol. The van der Waals surface area contributed by atoms with Crippen LogP contribution in [-0.4, -0.2) is 23.9 Å². The van der Waals surface area contributed by atoms with Gasteiger partial charge in [-0.25, -0.2) is 0 Å². The molecule has 0 saturated carbocycles. The van der Waals surface area contributed by atoms with E-state index >= 15 is 0 Å². The quantitative estimate of drug-likeness (QED) is 0.932. The van der Waals surface area contributed by atoms with Crippen LogP contribution >= 0.6 is 15.9 Å². The molecule has 0 saturated heterocycles. The minimum Gasteiger partial charge on any atom is -0.485 e. The molecule has 1 unspecified atom stereocenters. The highest BCUT2D eigenvalue weighted by molar-refractivity contribution is 9.10. The molecule has 0 spiro atoms. The van der Waals surface area contributed by atoms with Crippen LogP contribution in [0, 0.1) is 0 Å². The van der Waals surface area contributed by atoms with Crippen LogP contribution in [0.3, 0.4) is 0 Å². The van der Waals surface area contributed by atoms with Crippen LogP contribution < -0.4 is 4.74 Å². The Hall–Kier alpha value is -0.580. The fraction of sp³-hybridized carbons (Fsp3) is 0.538.